The number of halogens is 2. The molecule has 2 amide bonds. The van der Waals surface area contributed by atoms with Crippen LogP contribution in [0.1, 0.15) is 40.4 Å². The maximum atomic E-state index is 14.3. The molecule has 0 aromatic heterocycles. The molecule has 1 N–H and O–H groups in total. The van der Waals surface area contributed by atoms with Crippen LogP contribution in [0, 0.1) is 31.5 Å². The van der Waals surface area contributed by atoms with E-state index in [9.17, 15) is 14.0 Å². The molecule has 0 saturated carbocycles. The fourth-order valence-electron chi connectivity index (χ4n) is 5.91. The zero-order valence-electron chi connectivity index (χ0n) is 23.3. The van der Waals surface area contributed by atoms with Crippen molar-refractivity contribution in [2.24, 2.45) is 11.8 Å². The van der Waals surface area contributed by atoms with Crippen LogP contribution in [0.25, 0.3) is 0 Å². The highest BCUT2D eigenvalue weighted by Crippen LogP contribution is 2.34. The SMILES string of the molecule is Cc1cc(C(=O)Nc2ccc(N3CCOCC3)cc2)cc(C)c1N1C[C@@H](Cc2ccccc2F)C[C@@H](C)C1=O.Cl. The lowest BCUT2D eigenvalue weighted by Gasteiger charge is -2.38. The maximum Gasteiger partial charge on any atom is 0.255 e. The third kappa shape index (κ3) is 6.48. The monoisotopic (exact) mass is 565 g/mol. The molecule has 0 bridgehead atoms. The molecule has 2 atom stereocenters. The number of rotatable bonds is 6. The molecular formula is C32H37ClFN3O3. The van der Waals surface area contributed by atoms with Gasteiger partial charge in [-0.05, 0) is 91.8 Å². The minimum absolute atomic E-state index is 0. The van der Waals surface area contributed by atoms with E-state index >= 15 is 0 Å². The van der Waals surface area contributed by atoms with Crippen molar-refractivity contribution in [3.05, 3.63) is 88.7 Å². The van der Waals surface area contributed by atoms with Crippen molar-refractivity contribution in [2.45, 2.75) is 33.6 Å². The van der Waals surface area contributed by atoms with Crippen molar-refractivity contribution in [2.75, 3.05) is 48.0 Å². The Morgan fingerprint density at radius 3 is 2.33 bits per heavy atom. The summed E-state index contributed by atoms with van der Waals surface area (Å²) in [6.07, 6.45) is 1.32. The van der Waals surface area contributed by atoms with Crippen molar-refractivity contribution in [3.63, 3.8) is 0 Å². The van der Waals surface area contributed by atoms with Gasteiger partial charge in [0, 0.05) is 48.2 Å². The van der Waals surface area contributed by atoms with E-state index in [0.717, 1.165) is 60.9 Å². The van der Waals surface area contributed by atoms with E-state index in [1.165, 1.54) is 6.07 Å². The second-order valence-corrected chi connectivity index (χ2v) is 10.8. The van der Waals surface area contributed by atoms with Gasteiger partial charge in [0.15, 0.2) is 0 Å². The fraction of sp³-hybridized carbons (Fsp3) is 0.375. The number of ether oxygens (including phenoxy) is 1. The quantitative estimate of drug-likeness (QED) is 0.387. The highest BCUT2D eigenvalue weighted by molar-refractivity contribution is 6.05. The van der Waals surface area contributed by atoms with E-state index in [0.29, 0.717) is 24.1 Å². The highest BCUT2D eigenvalue weighted by Gasteiger charge is 2.34. The Kier molecular flexibility index (Phi) is 9.48. The molecule has 2 aliphatic heterocycles. The number of morpholine rings is 1. The van der Waals surface area contributed by atoms with Crippen LogP contribution in [0.4, 0.5) is 21.5 Å². The first-order valence-electron chi connectivity index (χ1n) is 13.7. The minimum atomic E-state index is -0.202. The third-order valence-electron chi connectivity index (χ3n) is 7.81. The molecule has 6 nitrogen and oxygen atoms in total. The summed E-state index contributed by atoms with van der Waals surface area (Å²) >= 11 is 0. The van der Waals surface area contributed by atoms with Crippen molar-refractivity contribution in [1.29, 1.82) is 0 Å². The first-order valence-corrected chi connectivity index (χ1v) is 13.7. The minimum Gasteiger partial charge on any atom is -0.378 e. The first-order chi connectivity index (χ1) is 18.8. The van der Waals surface area contributed by atoms with Crippen LogP contribution in [0.5, 0.6) is 0 Å². The summed E-state index contributed by atoms with van der Waals surface area (Å²) < 4.78 is 19.7. The van der Waals surface area contributed by atoms with Crippen LogP contribution in [0.2, 0.25) is 0 Å². The average molecular weight is 566 g/mol. The predicted octanol–water partition coefficient (Wildman–Crippen LogP) is 6.18. The number of carbonyl (C=O) groups is 2. The lowest BCUT2D eigenvalue weighted by molar-refractivity contribution is -0.124. The van der Waals surface area contributed by atoms with Gasteiger partial charge in [0.05, 0.1) is 13.2 Å². The van der Waals surface area contributed by atoms with Gasteiger partial charge in [-0.25, -0.2) is 4.39 Å². The van der Waals surface area contributed by atoms with E-state index in [1.807, 2.05) is 74.2 Å². The van der Waals surface area contributed by atoms with E-state index in [-0.39, 0.29) is 41.9 Å². The molecule has 0 unspecified atom stereocenters. The molecule has 2 fully saturated rings. The average Bonchev–Trinajstić information content (AvgIpc) is 2.93. The smallest absolute Gasteiger partial charge is 0.255 e. The summed E-state index contributed by atoms with van der Waals surface area (Å²) in [7, 11) is 0. The summed E-state index contributed by atoms with van der Waals surface area (Å²) in [5.41, 5.74) is 5.66. The van der Waals surface area contributed by atoms with Gasteiger partial charge in [-0.1, -0.05) is 25.1 Å². The van der Waals surface area contributed by atoms with Crippen LogP contribution >= 0.6 is 12.4 Å². The lowest BCUT2D eigenvalue weighted by Crippen LogP contribution is -2.46. The largest absolute Gasteiger partial charge is 0.378 e. The van der Waals surface area contributed by atoms with Gasteiger partial charge in [0.1, 0.15) is 5.82 Å². The summed E-state index contributed by atoms with van der Waals surface area (Å²) in [4.78, 5) is 30.5. The van der Waals surface area contributed by atoms with Gasteiger partial charge in [-0.2, -0.15) is 0 Å². The molecular weight excluding hydrogens is 529 g/mol. The third-order valence-corrected chi connectivity index (χ3v) is 7.81. The molecule has 2 aliphatic rings. The lowest BCUT2D eigenvalue weighted by atomic mass is 9.84. The number of carbonyl (C=O) groups excluding carboxylic acids is 2. The van der Waals surface area contributed by atoms with Gasteiger partial charge < -0.3 is 19.9 Å². The van der Waals surface area contributed by atoms with Crippen molar-refractivity contribution < 1.29 is 18.7 Å². The van der Waals surface area contributed by atoms with Crippen molar-refractivity contribution in [1.82, 2.24) is 0 Å². The van der Waals surface area contributed by atoms with Crippen molar-refractivity contribution in [3.8, 4) is 0 Å². The molecule has 8 heteroatoms. The zero-order chi connectivity index (χ0) is 27.5. The number of amides is 2. The van der Waals surface area contributed by atoms with Crippen LogP contribution in [0.3, 0.4) is 0 Å². The Morgan fingerprint density at radius 1 is 1.02 bits per heavy atom. The molecule has 212 valence electrons. The number of aryl methyl sites for hydroxylation is 2. The maximum absolute atomic E-state index is 14.3. The second kappa shape index (κ2) is 12.8. The summed E-state index contributed by atoms with van der Waals surface area (Å²) in [5.74, 6) is -0.326. The van der Waals surface area contributed by atoms with Crippen LogP contribution in [0.15, 0.2) is 60.7 Å². The normalized spacial score (nSPS) is 19.2. The van der Waals surface area contributed by atoms with Crippen molar-refractivity contribution >= 4 is 41.3 Å². The van der Waals surface area contributed by atoms with E-state index in [4.69, 9.17) is 4.74 Å². The van der Waals surface area contributed by atoms with E-state index in [2.05, 4.69) is 10.2 Å². The Balaban J connectivity index is 0.00000370. The molecule has 0 radical (unpaired) electrons. The molecule has 0 spiro atoms. The standard InChI is InChI=1S/C32H36FN3O3.ClH/c1-21-17-26(31(37)34-27-8-10-28(11-9-27)35-12-14-39-15-13-35)18-22(2)30(21)36-20-24(16-23(3)32(36)38)19-25-6-4-5-7-29(25)33;/h4-11,17-18,23-24H,12-16,19-20H2,1-3H3,(H,34,37);1H/t23-,24-;/m1./s1. The van der Waals surface area contributed by atoms with E-state index in [1.54, 1.807) is 6.07 Å². The van der Waals surface area contributed by atoms with Gasteiger partial charge >= 0.3 is 0 Å². The zero-order valence-corrected chi connectivity index (χ0v) is 24.1. The number of hydrogen-bond donors (Lipinski definition) is 1. The second-order valence-electron chi connectivity index (χ2n) is 10.8. The fourth-order valence-corrected chi connectivity index (χ4v) is 5.91. The van der Waals surface area contributed by atoms with Crippen LogP contribution in [-0.2, 0) is 16.0 Å². The van der Waals surface area contributed by atoms with E-state index < -0.39 is 0 Å². The number of anilines is 3. The molecule has 2 heterocycles. The summed E-state index contributed by atoms with van der Waals surface area (Å²) in [5, 5.41) is 3.00. The first kappa shape index (κ1) is 29.6. The molecule has 0 aliphatic carbocycles. The van der Waals surface area contributed by atoms with Gasteiger partial charge in [0.25, 0.3) is 5.91 Å². The topological polar surface area (TPSA) is 61.9 Å². The van der Waals surface area contributed by atoms with Gasteiger partial charge in [-0.15, -0.1) is 12.4 Å². The molecule has 40 heavy (non-hydrogen) atoms. The van der Waals surface area contributed by atoms with Crippen LogP contribution in [-0.4, -0.2) is 44.7 Å². The predicted molar refractivity (Wildman–Crippen MR) is 160 cm³/mol. The Hall–Kier alpha value is -3.42. The number of piperidine rings is 1. The van der Waals surface area contributed by atoms with Gasteiger partial charge in [-0.3, -0.25) is 9.59 Å². The number of nitrogens with zero attached hydrogens (tertiary/aromatic N) is 2. The number of benzene rings is 3. The molecule has 3 aromatic carbocycles. The summed E-state index contributed by atoms with van der Waals surface area (Å²) in [6.45, 7) is 9.52. The highest BCUT2D eigenvalue weighted by atomic mass is 35.5. The van der Waals surface area contributed by atoms with Crippen LogP contribution < -0.4 is 15.1 Å². The molecule has 3 aromatic rings. The Morgan fingerprint density at radius 2 is 1.68 bits per heavy atom. The Bertz CT molecular complexity index is 1330. The van der Waals surface area contributed by atoms with Gasteiger partial charge in [0.2, 0.25) is 5.91 Å². The Labute approximate surface area is 241 Å². The molecule has 5 rings (SSSR count). The number of nitrogens with one attached hydrogen (secondary N) is 1. The molecule has 2 saturated heterocycles. The number of hydrogen-bond acceptors (Lipinski definition) is 4. The summed E-state index contributed by atoms with van der Waals surface area (Å²) in [6, 6.07) is 18.4.